The average molecular weight is 281 g/mol. The largest absolute Gasteiger partial charge is 0.373 e. The minimum atomic E-state index is -0.143. The normalized spacial score (nSPS) is 12.0. The van der Waals surface area contributed by atoms with E-state index in [2.05, 4.69) is 35.9 Å². The molecule has 1 N–H and O–H groups in total. The van der Waals surface area contributed by atoms with E-state index in [1.807, 2.05) is 27.2 Å². The highest BCUT2D eigenvalue weighted by Gasteiger charge is 2.15. The quantitative estimate of drug-likeness (QED) is 0.865. The molecule has 0 aliphatic rings. The number of halogens is 1. The van der Waals surface area contributed by atoms with Crippen LogP contribution < -0.4 is 10.2 Å². The third-order valence-electron chi connectivity index (χ3n) is 3.18. The van der Waals surface area contributed by atoms with E-state index < -0.39 is 0 Å². The van der Waals surface area contributed by atoms with Crippen LogP contribution in [-0.2, 0) is 6.54 Å². The molecule has 0 saturated heterocycles. The van der Waals surface area contributed by atoms with Gasteiger partial charge in [-0.3, -0.25) is 0 Å². The Balaban J connectivity index is 2.87. The van der Waals surface area contributed by atoms with Crippen molar-refractivity contribution in [3.63, 3.8) is 0 Å². The van der Waals surface area contributed by atoms with E-state index in [0.29, 0.717) is 6.54 Å². The summed E-state index contributed by atoms with van der Waals surface area (Å²) in [6.45, 7) is 8.62. The van der Waals surface area contributed by atoms with Crippen LogP contribution in [0.5, 0.6) is 0 Å². The van der Waals surface area contributed by atoms with Gasteiger partial charge in [0.15, 0.2) is 0 Å². The second-order valence-corrected chi connectivity index (χ2v) is 6.57. The summed E-state index contributed by atoms with van der Waals surface area (Å²) in [6.07, 6.45) is 0. The summed E-state index contributed by atoms with van der Waals surface area (Å²) in [5.41, 5.74) is 1.68. The van der Waals surface area contributed by atoms with Crippen molar-refractivity contribution in [2.45, 2.75) is 32.9 Å². The van der Waals surface area contributed by atoms with E-state index in [-0.39, 0.29) is 11.4 Å². The van der Waals surface area contributed by atoms with Gasteiger partial charge in [0.2, 0.25) is 0 Å². The first-order valence-electron chi connectivity index (χ1n) is 7.09. The average Bonchev–Trinajstić information content (AvgIpc) is 2.33. The van der Waals surface area contributed by atoms with Gasteiger partial charge in [0.1, 0.15) is 5.82 Å². The molecule has 1 aromatic rings. The molecule has 0 spiro atoms. The Labute approximate surface area is 122 Å². The molecule has 0 atom stereocenters. The van der Waals surface area contributed by atoms with Crippen LogP contribution in [0.4, 0.5) is 10.1 Å². The summed E-state index contributed by atoms with van der Waals surface area (Å²) in [7, 11) is 6.10. The predicted octanol–water partition coefficient (Wildman–Crippen LogP) is 2.71. The first kappa shape index (κ1) is 16.9. The Hall–Kier alpha value is -1.13. The lowest BCUT2D eigenvalue weighted by Crippen LogP contribution is -2.36. The molecule has 0 aliphatic carbocycles. The molecule has 114 valence electrons. The predicted molar refractivity (Wildman–Crippen MR) is 84.8 cm³/mol. The molecule has 0 unspecified atom stereocenters. The monoisotopic (exact) mass is 281 g/mol. The van der Waals surface area contributed by atoms with Crippen LogP contribution >= 0.6 is 0 Å². The molecule has 3 nitrogen and oxygen atoms in total. The molecular weight excluding hydrogens is 253 g/mol. The summed E-state index contributed by atoms with van der Waals surface area (Å²) in [4.78, 5) is 4.24. The lowest BCUT2D eigenvalue weighted by Gasteiger charge is -2.26. The highest BCUT2D eigenvalue weighted by atomic mass is 19.1. The number of hydrogen-bond acceptors (Lipinski definition) is 3. The first-order valence-corrected chi connectivity index (χ1v) is 7.09. The van der Waals surface area contributed by atoms with Crippen molar-refractivity contribution in [2.75, 3.05) is 39.1 Å². The fraction of sp³-hybridized carbons (Fsp3) is 0.625. The van der Waals surface area contributed by atoms with Crippen molar-refractivity contribution in [3.05, 3.63) is 29.6 Å². The Morgan fingerprint density at radius 3 is 2.30 bits per heavy atom. The van der Waals surface area contributed by atoms with E-state index in [1.165, 1.54) is 6.07 Å². The van der Waals surface area contributed by atoms with Crippen molar-refractivity contribution >= 4 is 5.69 Å². The zero-order chi connectivity index (χ0) is 15.3. The number of nitrogens with one attached hydrogen (secondary N) is 1. The molecule has 0 aliphatic heterocycles. The van der Waals surface area contributed by atoms with Gasteiger partial charge in [0.05, 0.1) is 0 Å². The molecule has 1 rings (SSSR count). The second-order valence-electron chi connectivity index (χ2n) is 6.57. The molecule has 0 amide bonds. The number of rotatable bonds is 6. The molecule has 0 heterocycles. The van der Waals surface area contributed by atoms with E-state index in [1.54, 1.807) is 6.07 Å². The molecule has 1 aromatic carbocycles. The van der Waals surface area contributed by atoms with Crippen LogP contribution in [0.1, 0.15) is 26.3 Å². The first-order chi connectivity index (χ1) is 9.20. The number of hydrogen-bond donors (Lipinski definition) is 1. The number of likely N-dealkylation sites (N-methyl/N-ethyl adjacent to an activating group) is 2. The lowest BCUT2D eigenvalue weighted by molar-refractivity contribution is 0.412. The van der Waals surface area contributed by atoms with Gasteiger partial charge < -0.3 is 15.1 Å². The zero-order valence-corrected chi connectivity index (χ0v) is 13.6. The van der Waals surface area contributed by atoms with Crippen LogP contribution in [-0.4, -0.2) is 44.7 Å². The third-order valence-corrected chi connectivity index (χ3v) is 3.18. The van der Waals surface area contributed by atoms with Crippen molar-refractivity contribution in [1.82, 2.24) is 10.2 Å². The van der Waals surface area contributed by atoms with Gasteiger partial charge in [0.25, 0.3) is 0 Å². The summed E-state index contributed by atoms with van der Waals surface area (Å²) >= 11 is 0. The number of benzene rings is 1. The van der Waals surface area contributed by atoms with Crippen molar-refractivity contribution in [1.29, 1.82) is 0 Å². The fourth-order valence-corrected chi connectivity index (χ4v) is 1.90. The van der Waals surface area contributed by atoms with Gasteiger partial charge >= 0.3 is 0 Å². The van der Waals surface area contributed by atoms with Gasteiger partial charge in [-0.1, -0.05) is 6.07 Å². The molecular formula is C16H28FN3. The SMILES string of the molecule is CN(C)CCN(C)c1cccc(F)c1CNC(C)(C)C. The fourth-order valence-electron chi connectivity index (χ4n) is 1.90. The smallest absolute Gasteiger partial charge is 0.129 e. The van der Waals surface area contributed by atoms with E-state index >= 15 is 0 Å². The Bertz CT molecular complexity index is 424. The van der Waals surface area contributed by atoms with Gasteiger partial charge in [-0.15, -0.1) is 0 Å². The summed E-state index contributed by atoms with van der Waals surface area (Å²) in [6, 6.07) is 5.29. The van der Waals surface area contributed by atoms with Crippen LogP contribution in [0, 0.1) is 5.82 Å². The third kappa shape index (κ3) is 5.47. The highest BCUT2D eigenvalue weighted by molar-refractivity contribution is 5.53. The standard InChI is InChI=1S/C16H28FN3/c1-16(2,3)18-12-13-14(17)8-7-9-15(13)20(6)11-10-19(4)5/h7-9,18H,10-12H2,1-6H3. The number of anilines is 1. The Morgan fingerprint density at radius 2 is 1.75 bits per heavy atom. The van der Waals surface area contributed by atoms with Gasteiger partial charge in [0, 0.05) is 43.5 Å². The van der Waals surface area contributed by atoms with Gasteiger partial charge in [-0.25, -0.2) is 4.39 Å². The lowest BCUT2D eigenvalue weighted by atomic mass is 10.1. The summed E-state index contributed by atoms with van der Waals surface area (Å²) in [5.74, 6) is -0.143. The molecule has 0 bridgehead atoms. The zero-order valence-electron chi connectivity index (χ0n) is 13.6. The van der Waals surface area contributed by atoms with Crippen molar-refractivity contribution in [3.8, 4) is 0 Å². The summed E-state index contributed by atoms with van der Waals surface area (Å²) in [5, 5.41) is 3.36. The van der Waals surface area contributed by atoms with Crippen LogP contribution in [0.3, 0.4) is 0 Å². The van der Waals surface area contributed by atoms with Crippen molar-refractivity contribution < 1.29 is 4.39 Å². The van der Waals surface area contributed by atoms with E-state index in [0.717, 1.165) is 24.3 Å². The maximum Gasteiger partial charge on any atom is 0.129 e. The van der Waals surface area contributed by atoms with Crippen molar-refractivity contribution in [2.24, 2.45) is 0 Å². The molecule has 0 radical (unpaired) electrons. The topological polar surface area (TPSA) is 18.5 Å². The Morgan fingerprint density at radius 1 is 1.10 bits per heavy atom. The van der Waals surface area contributed by atoms with E-state index in [4.69, 9.17) is 0 Å². The van der Waals surface area contributed by atoms with E-state index in [9.17, 15) is 4.39 Å². The maximum atomic E-state index is 14.1. The number of nitrogens with zero attached hydrogens (tertiary/aromatic N) is 2. The van der Waals surface area contributed by atoms with Crippen LogP contribution in [0.15, 0.2) is 18.2 Å². The molecule has 4 heteroatoms. The molecule has 0 fully saturated rings. The molecule has 0 saturated carbocycles. The Kier molecular flexibility index (Phi) is 5.96. The minimum absolute atomic E-state index is 0.0260. The van der Waals surface area contributed by atoms with Crippen LogP contribution in [0.2, 0.25) is 0 Å². The molecule has 0 aromatic heterocycles. The maximum absolute atomic E-state index is 14.1. The van der Waals surface area contributed by atoms with Gasteiger partial charge in [-0.05, 0) is 47.0 Å². The van der Waals surface area contributed by atoms with Crippen LogP contribution in [0.25, 0.3) is 0 Å². The summed E-state index contributed by atoms with van der Waals surface area (Å²) < 4.78 is 14.1. The minimum Gasteiger partial charge on any atom is -0.373 e. The highest BCUT2D eigenvalue weighted by Crippen LogP contribution is 2.23. The molecule has 20 heavy (non-hydrogen) atoms. The van der Waals surface area contributed by atoms with Gasteiger partial charge in [-0.2, -0.15) is 0 Å². The second kappa shape index (κ2) is 7.04.